The maximum absolute atomic E-state index is 12.3. The van der Waals surface area contributed by atoms with Crippen molar-refractivity contribution < 1.29 is 8.42 Å². The Morgan fingerprint density at radius 2 is 2.06 bits per heavy atom. The van der Waals surface area contributed by atoms with Crippen LogP contribution >= 0.6 is 0 Å². The van der Waals surface area contributed by atoms with E-state index in [1.807, 2.05) is 13.8 Å². The van der Waals surface area contributed by atoms with Crippen LogP contribution < -0.4 is 5.73 Å². The number of nitrogens with zero attached hydrogens (tertiary/aromatic N) is 2. The number of aromatic nitrogens is 2. The summed E-state index contributed by atoms with van der Waals surface area (Å²) in [7, 11) is -3.52. The van der Waals surface area contributed by atoms with Crippen molar-refractivity contribution in [1.29, 1.82) is 0 Å². The molecule has 0 atom stereocenters. The van der Waals surface area contributed by atoms with E-state index in [4.69, 9.17) is 5.73 Å². The Morgan fingerprint density at radius 3 is 2.53 bits per heavy atom. The Morgan fingerprint density at radius 1 is 1.41 bits per heavy atom. The van der Waals surface area contributed by atoms with Crippen molar-refractivity contribution >= 4 is 10.0 Å². The first-order valence-corrected chi connectivity index (χ1v) is 7.17. The van der Waals surface area contributed by atoms with Gasteiger partial charge in [0, 0.05) is 30.9 Å². The second kappa shape index (κ2) is 5.61. The van der Waals surface area contributed by atoms with Crippen LogP contribution in [-0.2, 0) is 16.6 Å². The molecule has 0 fully saturated rings. The van der Waals surface area contributed by atoms with Crippen LogP contribution in [0.25, 0.3) is 0 Å². The van der Waals surface area contributed by atoms with Crippen LogP contribution in [0.1, 0.15) is 31.5 Å². The van der Waals surface area contributed by atoms with E-state index >= 15 is 0 Å². The number of aryl methyl sites for hydroxylation is 1. The summed E-state index contributed by atoms with van der Waals surface area (Å²) >= 11 is 0. The zero-order valence-electron chi connectivity index (χ0n) is 10.5. The number of sulfonamides is 1. The van der Waals surface area contributed by atoms with E-state index in [-0.39, 0.29) is 11.6 Å². The molecular weight excluding hydrogens is 240 g/mol. The van der Waals surface area contributed by atoms with Crippen molar-refractivity contribution in [3.05, 3.63) is 11.3 Å². The third kappa shape index (κ3) is 2.67. The van der Waals surface area contributed by atoms with Crippen LogP contribution in [0.5, 0.6) is 0 Å². The van der Waals surface area contributed by atoms with E-state index in [0.717, 1.165) is 6.42 Å². The molecule has 1 heterocycles. The first-order valence-electron chi connectivity index (χ1n) is 5.73. The van der Waals surface area contributed by atoms with Gasteiger partial charge in [-0.25, -0.2) is 8.42 Å². The lowest BCUT2D eigenvalue weighted by Crippen LogP contribution is -2.32. The second-order valence-corrected chi connectivity index (χ2v) is 5.69. The van der Waals surface area contributed by atoms with Gasteiger partial charge in [-0.1, -0.05) is 13.8 Å². The lowest BCUT2D eigenvalue weighted by atomic mass is 10.3. The minimum absolute atomic E-state index is 0.0628. The summed E-state index contributed by atoms with van der Waals surface area (Å²) < 4.78 is 26.1. The first kappa shape index (κ1) is 14.1. The minimum atomic E-state index is -3.52. The lowest BCUT2D eigenvalue weighted by molar-refractivity contribution is 0.424. The van der Waals surface area contributed by atoms with E-state index in [2.05, 4.69) is 10.2 Å². The van der Waals surface area contributed by atoms with Crippen molar-refractivity contribution in [3.63, 3.8) is 0 Å². The standard InChI is InChI=1S/C10H20N4O2S/c1-4-6-14(5-2)17(15,16)10-9(7-11)8(3)12-13-10/h4-7,11H2,1-3H3,(H,12,13). The molecule has 3 N–H and O–H groups in total. The predicted octanol–water partition coefficient (Wildman–Crippen LogP) is 0.597. The summed E-state index contributed by atoms with van der Waals surface area (Å²) in [6, 6.07) is 0. The summed E-state index contributed by atoms with van der Waals surface area (Å²) in [4.78, 5) is 0. The van der Waals surface area contributed by atoms with Gasteiger partial charge in [0.05, 0.1) is 0 Å². The van der Waals surface area contributed by atoms with Gasteiger partial charge in [-0.3, -0.25) is 5.10 Å². The average Bonchev–Trinajstić information content (AvgIpc) is 2.67. The number of nitrogens with two attached hydrogens (primary N) is 1. The number of nitrogens with one attached hydrogen (secondary N) is 1. The number of hydrogen-bond acceptors (Lipinski definition) is 4. The third-order valence-corrected chi connectivity index (χ3v) is 4.60. The monoisotopic (exact) mass is 260 g/mol. The molecule has 17 heavy (non-hydrogen) atoms. The molecule has 0 unspecified atom stereocenters. The quantitative estimate of drug-likeness (QED) is 0.783. The zero-order chi connectivity index (χ0) is 13.1. The summed E-state index contributed by atoms with van der Waals surface area (Å²) in [5.74, 6) is 0. The van der Waals surface area contributed by atoms with E-state index < -0.39 is 10.0 Å². The van der Waals surface area contributed by atoms with Crippen molar-refractivity contribution in [2.45, 2.75) is 38.8 Å². The van der Waals surface area contributed by atoms with Gasteiger partial charge in [0.2, 0.25) is 0 Å². The normalized spacial score (nSPS) is 12.3. The van der Waals surface area contributed by atoms with Gasteiger partial charge in [-0.15, -0.1) is 0 Å². The lowest BCUT2D eigenvalue weighted by Gasteiger charge is -2.18. The molecule has 0 amide bonds. The fourth-order valence-corrected chi connectivity index (χ4v) is 3.42. The smallest absolute Gasteiger partial charge is 0.262 e. The fraction of sp³-hybridized carbons (Fsp3) is 0.700. The molecule has 1 aromatic heterocycles. The Hall–Kier alpha value is -0.920. The van der Waals surface area contributed by atoms with Crippen molar-refractivity contribution in [3.8, 4) is 0 Å². The van der Waals surface area contributed by atoms with E-state index in [0.29, 0.717) is 24.3 Å². The Labute approximate surface area is 102 Å². The van der Waals surface area contributed by atoms with Gasteiger partial charge in [-0.05, 0) is 13.3 Å². The van der Waals surface area contributed by atoms with Gasteiger partial charge in [-0.2, -0.15) is 9.40 Å². The number of aromatic amines is 1. The molecule has 1 rings (SSSR count). The maximum atomic E-state index is 12.3. The molecular formula is C10H20N4O2S. The van der Waals surface area contributed by atoms with Crippen molar-refractivity contribution in [2.24, 2.45) is 5.73 Å². The van der Waals surface area contributed by atoms with Crippen LogP contribution in [0, 0.1) is 6.92 Å². The van der Waals surface area contributed by atoms with E-state index in [1.165, 1.54) is 4.31 Å². The summed E-state index contributed by atoms with van der Waals surface area (Å²) in [5.41, 5.74) is 6.84. The fourth-order valence-electron chi connectivity index (χ4n) is 1.70. The highest BCUT2D eigenvalue weighted by molar-refractivity contribution is 7.89. The molecule has 98 valence electrons. The molecule has 0 bridgehead atoms. The summed E-state index contributed by atoms with van der Waals surface area (Å²) in [6.07, 6.45) is 0.772. The minimum Gasteiger partial charge on any atom is -0.326 e. The Kier molecular flexibility index (Phi) is 4.67. The number of H-pyrrole nitrogens is 1. The molecule has 1 aromatic rings. The summed E-state index contributed by atoms with van der Waals surface area (Å²) in [5, 5.41) is 6.62. The predicted molar refractivity (Wildman–Crippen MR) is 65.9 cm³/mol. The van der Waals surface area contributed by atoms with Crippen LogP contribution in [0.3, 0.4) is 0 Å². The second-order valence-electron chi connectivity index (χ2n) is 3.83. The van der Waals surface area contributed by atoms with Gasteiger partial charge >= 0.3 is 0 Å². The molecule has 0 saturated heterocycles. The largest absolute Gasteiger partial charge is 0.326 e. The third-order valence-electron chi connectivity index (χ3n) is 2.65. The Balaban J connectivity index is 3.20. The Bertz CT molecular complexity index is 467. The average molecular weight is 260 g/mol. The molecule has 0 aliphatic rings. The molecule has 0 aliphatic carbocycles. The van der Waals surface area contributed by atoms with Crippen LogP contribution in [0.2, 0.25) is 0 Å². The molecule has 0 spiro atoms. The van der Waals surface area contributed by atoms with Crippen molar-refractivity contribution in [1.82, 2.24) is 14.5 Å². The first-order chi connectivity index (χ1) is 7.98. The van der Waals surface area contributed by atoms with Gasteiger partial charge in [0.1, 0.15) is 0 Å². The molecule has 0 aromatic carbocycles. The highest BCUT2D eigenvalue weighted by atomic mass is 32.2. The molecule has 0 aliphatic heterocycles. The summed E-state index contributed by atoms with van der Waals surface area (Å²) in [6.45, 7) is 6.62. The molecule has 6 nitrogen and oxygen atoms in total. The van der Waals surface area contributed by atoms with Crippen LogP contribution in [0.15, 0.2) is 5.03 Å². The maximum Gasteiger partial charge on any atom is 0.262 e. The van der Waals surface area contributed by atoms with Crippen LogP contribution in [0.4, 0.5) is 0 Å². The topological polar surface area (TPSA) is 92.1 Å². The van der Waals surface area contributed by atoms with Gasteiger partial charge < -0.3 is 5.73 Å². The number of rotatable bonds is 6. The SMILES string of the molecule is CCCN(CC)S(=O)(=O)c1n[nH]c(C)c1CN. The van der Waals surface area contributed by atoms with Crippen molar-refractivity contribution in [2.75, 3.05) is 13.1 Å². The molecule has 0 saturated carbocycles. The van der Waals surface area contributed by atoms with Gasteiger partial charge in [0.15, 0.2) is 5.03 Å². The van der Waals surface area contributed by atoms with Crippen LogP contribution in [-0.4, -0.2) is 36.0 Å². The number of hydrogen-bond donors (Lipinski definition) is 2. The molecule has 7 heteroatoms. The van der Waals surface area contributed by atoms with E-state index in [1.54, 1.807) is 6.92 Å². The zero-order valence-corrected chi connectivity index (χ0v) is 11.3. The highest BCUT2D eigenvalue weighted by Crippen LogP contribution is 2.19. The van der Waals surface area contributed by atoms with Gasteiger partial charge in [0.25, 0.3) is 10.0 Å². The highest BCUT2D eigenvalue weighted by Gasteiger charge is 2.28. The van der Waals surface area contributed by atoms with E-state index in [9.17, 15) is 8.42 Å². The molecule has 0 radical (unpaired) electrons.